The van der Waals surface area contributed by atoms with Gasteiger partial charge >= 0.3 is 0 Å². The van der Waals surface area contributed by atoms with Crippen LogP contribution >= 0.6 is 0 Å². The fourth-order valence-electron chi connectivity index (χ4n) is 2.06. The molecule has 0 bridgehead atoms. The van der Waals surface area contributed by atoms with Crippen LogP contribution in [0.2, 0.25) is 0 Å². The van der Waals surface area contributed by atoms with Crippen molar-refractivity contribution in [2.75, 3.05) is 5.32 Å². The predicted molar refractivity (Wildman–Crippen MR) is 73.0 cm³/mol. The zero-order valence-electron chi connectivity index (χ0n) is 10.7. The summed E-state index contributed by atoms with van der Waals surface area (Å²) in [4.78, 5) is 11.7. The van der Waals surface area contributed by atoms with Crippen molar-refractivity contribution >= 4 is 22.5 Å². The van der Waals surface area contributed by atoms with Crippen LogP contribution in [0.15, 0.2) is 30.6 Å². The number of nitrogens with one attached hydrogen (secondary N) is 2. The minimum atomic E-state index is -0.257. The highest BCUT2D eigenvalue weighted by Crippen LogP contribution is 2.27. The number of aromatic amines is 1. The van der Waals surface area contributed by atoms with Gasteiger partial charge in [0, 0.05) is 11.4 Å². The van der Waals surface area contributed by atoms with E-state index in [2.05, 4.69) is 20.3 Å². The van der Waals surface area contributed by atoms with Gasteiger partial charge in [-0.2, -0.15) is 0 Å². The molecular formula is C14H13FN4. The number of aryl methyl sites for hydroxylation is 2. The third-order valence-electron chi connectivity index (χ3n) is 3.20. The first-order chi connectivity index (χ1) is 9.15. The third-order valence-corrected chi connectivity index (χ3v) is 3.20. The first-order valence-corrected chi connectivity index (χ1v) is 5.97. The van der Waals surface area contributed by atoms with Crippen LogP contribution in [-0.4, -0.2) is 15.0 Å². The van der Waals surface area contributed by atoms with Crippen LogP contribution in [0.4, 0.5) is 15.9 Å². The number of hydrogen-bond acceptors (Lipinski definition) is 3. The highest BCUT2D eigenvalue weighted by Gasteiger charge is 2.11. The number of nitrogens with zero attached hydrogens (tertiary/aromatic N) is 2. The largest absolute Gasteiger partial charge is 0.343 e. The van der Waals surface area contributed by atoms with E-state index < -0.39 is 0 Å². The highest BCUT2D eigenvalue weighted by molar-refractivity contribution is 5.92. The molecule has 0 aliphatic rings. The molecule has 0 saturated heterocycles. The van der Waals surface area contributed by atoms with Crippen LogP contribution in [0.3, 0.4) is 0 Å². The molecule has 0 aliphatic carbocycles. The molecule has 0 amide bonds. The van der Waals surface area contributed by atoms with Crippen molar-refractivity contribution in [2.45, 2.75) is 13.8 Å². The second-order valence-electron chi connectivity index (χ2n) is 4.45. The molecule has 4 nitrogen and oxygen atoms in total. The van der Waals surface area contributed by atoms with Crippen LogP contribution in [0.1, 0.15) is 11.3 Å². The molecule has 0 atom stereocenters. The highest BCUT2D eigenvalue weighted by atomic mass is 19.1. The number of rotatable bonds is 2. The number of halogens is 1. The number of hydrogen-bond donors (Lipinski definition) is 2. The number of benzene rings is 1. The molecule has 2 heterocycles. The fourth-order valence-corrected chi connectivity index (χ4v) is 2.06. The average Bonchev–Trinajstić information content (AvgIpc) is 2.69. The number of H-pyrrole nitrogens is 1. The molecule has 0 unspecified atom stereocenters. The molecule has 2 N–H and O–H groups in total. The summed E-state index contributed by atoms with van der Waals surface area (Å²) in [7, 11) is 0. The Morgan fingerprint density at radius 3 is 2.58 bits per heavy atom. The normalized spacial score (nSPS) is 10.9. The number of fused-ring (bicyclic) bond motifs is 1. The molecule has 2 aromatic heterocycles. The van der Waals surface area contributed by atoms with Gasteiger partial charge in [0.05, 0.1) is 5.39 Å². The Labute approximate surface area is 109 Å². The lowest BCUT2D eigenvalue weighted by Crippen LogP contribution is -1.95. The first-order valence-electron chi connectivity index (χ1n) is 5.97. The molecule has 1 aromatic carbocycles. The molecular weight excluding hydrogens is 243 g/mol. The minimum absolute atomic E-state index is 0.257. The Balaban J connectivity index is 2.07. The van der Waals surface area contributed by atoms with Gasteiger partial charge in [-0.15, -0.1) is 0 Å². The van der Waals surface area contributed by atoms with E-state index in [0.29, 0.717) is 0 Å². The van der Waals surface area contributed by atoms with E-state index in [1.165, 1.54) is 18.5 Å². The predicted octanol–water partition coefficient (Wildman–Crippen LogP) is 3.46. The van der Waals surface area contributed by atoms with Gasteiger partial charge in [0.15, 0.2) is 0 Å². The molecule has 19 heavy (non-hydrogen) atoms. The Morgan fingerprint density at radius 2 is 1.84 bits per heavy atom. The molecule has 3 rings (SSSR count). The van der Waals surface area contributed by atoms with Gasteiger partial charge in [-0.1, -0.05) is 0 Å². The topological polar surface area (TPSA) is 53.6 Å². The van der Waals surface area contributed by atoms with Crippen molar-refractivity contribution in [1.82, 2.24) is 15.0 Å². The average molecular weight is 256 g/mol. The van der Waals surface area contributed by atoms with Crippen molar-refractivity contribution < 1.29 is 4.39 Å². The molecule has 0 aliphatic heterocycles. The van der Waals surface area contributed by atoms with E-state index in [-0.39, 0.29) is 5.82 Å². The minimum Gasteiger partial charge on any atom is -0.343 e. The number of anilines is 2. The van der Waals surface area contributed by atoms with Gasteiger partial charge in [0.25, 0.3) is 0 Å². The summed E-state index contributed by atoms with van der Waals surface area (Å²) in [5.41, 5.74) is 3.77. The zero-order chi connectivity index (χ0) is 13.4. The molecule has 96 valence electrons. The van der Waals surface area contributed by atoms with E-state index in [1.54, 1.807) is 12.1 Å². The second-order valence-corrected chi connectivity index (χ2v) is 4.45. The summed E-state index contributed by atoms with van der Waals surface area (Å²) in [6.07, 6.45) is 1.50. The lowest BCUT2D eigenvalue weighted by Gasteiger charge is -2.06. The second kappa shape index (κ2) is 4.35. The monoisotopic (exact) mass is 256 g/mol. The van der Waals surface area contributed by atoms with E-state index in [4.69, 9.17) is 0 Å². The summed E-state index contributed by atoms with van der Waals surface area (Å²) in [6.45, 7) is 4.02. The van der Waals surface area contributed by atoms with Crippen LogP contribution in [0.25, 0.3) is 11.0 Å². The molecule has 0 saturated carbocycles. The smallest absolute Gasteiger partial charge is 0.143 e. The van der Waals surface area contributed by atoms with E-state index >= 15 is 0 Å². The van der Waals surface area contributed by atoms with Crippen molar-refractivity contribution in [3.05, 3.63) is 47.7 Å². The maximum atomic E-state index is 12.9. The fraction of sp³-hybridized carbons (Fsp3) is 0.143. The van der Waals surface area contributed by atoms with Crippen molar-refractivity contribution in [2.24, 2.45) is 0 Å². The van der Waals surface area contributed by atoms with Crippen molar-refractivity contribution in [3.8, 4) is 0 Å². The molecule has 3 aromatic rings. The van der Waals surface area contributed by atoms with E-state index in [1.807, 2.05) is 13.8 Å². The maximum Gasteiger partial charge on any atom is 0.143 e. The van der Waals surface area contributed by atoms with Crippen LogP contribution in [-0.2, 0) is 0 Å². The van der Waals surface area contributed by atoms with Gasteiger partial charge in [-0.3, -0.25) is 0 Å². The summed E-state index contributed by atoms with van der Waals surface area (Å²) >= 11 is 0. The van der Waals surface area contributed by atoms with Crippen LogP contribution in [0, 0.1) is 19.7 Å². The lowest BCUT2D eigenvalue weighted by molar-refractivity contribution is 0.628. The van der Waals surface area contributed by atoms with Crippen molar-refractivity contribution in [3.63, 3.8) is 0 Å². The Kier molecular flexibility index (Phi) is 2.67. The molecule has 0 fully saturated rings. The van der Waals surface area contributed by atoms with Crippen molar-refractivity contribution in [1.29, 1.82) is 0 Å². The summed E-state index contributed by atoms with van der Waals surface area (Å²) in [5, 5.41) is 4.15. The molecule has 0 spiro atoms. The Bertz CT molecular complexity index is 731. The number of aromatic nitrogens is 3. The van der Waals surface area contributed by atoms with Gasteiger partial charge < -0.3 is 10.3 Å². The van der Waals surface area contributed by atoms with Gasteiger partial charge in [-0.05, 0) is 43.7 Å². The van der Waals surface area contributed by atoms with E-state index in [9.17, 15) is 4.39 Å². The Hall–Kier alpha value is -2.43. The molecule has 0 radical (unpaired) electrons. The summed E-state index contributed by atoms with van der Waals surface area (Å²) < 4.78 is 12.9. The summed E-state index contributed by atoms with van der Waals surface area (Å²) in [6, 6.07) is 6.18. The Morgan fingerprint density at radius 1 is 1.11 bits per heavy atom. The standard InChI is InChI=1S/C14H13FN4/c1-8-9(2)18-13-12(8)14(17-7-16-13)19-11-5-3-10(15)4-6-11/h3-7H,1-2H3,(H2,16,17,18,19). The van der Waals surface area contributed by atoms with Gasteiger partial charge in [0.1, 0.15) is 23.6 Å². The zero-order valence-corrected chi connectivity index (χ0v) is 10.7. The third kappa shape index (κ3) is 2.03. The quantitative estimate of drug-likeness (QED) is 0.738. The van der Waals surface area contributed by atoms with Crippen LogP contribution in [0.5, 0.6) is 0 Å². The summed E-state index contributed by atoms with van der Waals surface area (Å²) in [5.74, 6) is 0.463. The van der Waals surface area contributed by atoms with E-state index in [0.717, 1.165) is 33.8 Å². The van der Waals surface area contributed by atoms with Gasteiger partial charge in [-0.25, -0.2) is 14.4 Å². The SMILES string of the molecule is Cc1[nH]c2ncnc(Nc3ccc(F)cc3)c2c1C. The first kappa shape index (κ1) is 11.6. The lowest BCUT2D eigenvalue weighted by atomic mass is 10.2. The van der Waals surface area contributed by atoms with Gasteiger partial charge in [0.2, 0.25) is 0 Å². The molecule has 5 heteroatoms. The van der Waals surface area contributed by atoms with Crippen LogP contribution < -0.4 is 5.32 Å². The maximum absolute atomic E-state index is 12.9.